The third-order valence-corrected chi connectivity index (χ3v) is 6.63. The second-order valence-corrected chi connectivity index (χ2v) is 8.39. The van der Waals surface area contributed by atoms with Gasteiger partial charge in [-0.05, 0) is 55.2 Å². The summed E-state index contributed by atoms with van der Waals surface area (Å²) in [6.45, 7) is 3.17. The van der Waals surface area contributed by atoms with Crippen LogP contribution in [0.3, 0.4) is 0 Å². The number of carbonyl (C=O) groups is 1. The van der Waals surface area contributed by atoms with E-state index in [1.54, 1.807) is 12.1 Å². The predicted molar refractivity (Wildman–Crippen MR) is 103 cm³/mol. The van der Waals surface area contributed by atoms with E-state index in [-0.39, 0.29) is 10.8 Å². The highest BCUT2D eigenvalue weighted by molar-refractivity contribution is 7.89. The summed E-state index contributed by atoms with van der Waals surface area (Å²) in [5.41, 5.74) is 2.28. The average molecular weight is 372 g/mol. The standard InChI is InChI=1S/C20H24N2O3S/c1-2-16-8-4-5-9-19(16)21-20(23)17-10-12-18(13-11-17)26(24,25)22-14-6-3-7-15-22/h4-5,8-13H,2-3,6-7,14-15H2,1H3,(H,21,23). The molecule has 5 nitrogen and oxygen atoms in total. The average Bonchev–Trinajstić information content (AvgIpc) is 2.69. The Morgan fingerprint density at radius 1 is 1.00 bits per heavy atom. The number of piperidine rings is 1. The van der Waals surface area contributed by atoms with Gasteiger partial charge in [-0.15, -0.1) is 0 Å². The first kappa shape index (κ1) is 18.6. The number of nitrogens with zero attached hydrogens (tertiary/aromatic N) is 1. The molecule has 1 N–H and O–H groups in total. The number of hydrogen-bond donors (Lipinski definition) is 1. The summed E-state index contributed by atoms with van der Waals surface area (Å²) in [6.07, 6.45) is 3.70. The molecule has 0 aliphatic carbocycles. The maximum atomic E-state index is 12.7. The lowest BCUT2D eigenvalue weighted by Gasteiger charge is -2.25. The highest BCUT2D eigenvalue weighted by Gasteiger charge is 2.25. The fraction of sp³-hybridized carbons (Fsp3) is 0.350. The lowest BCUT2D eigenvalue weighted by molar-refractivity contribution is 0.102. The van der Waals surface area contributed by atoms with Crippen LogP contribution in [0, 0.1) is 0 Å². The summed E-state index contributed by atoms with van der Waals surface area (Å²) in [4.78, 5) is 12.7. The Morgan fingerprint density at radius 2 is 1.65 bits per heavy atom. The first-order chi connectivity index (χ1) is 12.5. The normalized spacial score (nSPS) is 15.6. The monoisotopic (exact) mass is 372 g/mol. The Balaban J connectivity index is 1.75. The van der Waals surface area contributed by atoms with Crippen LogP contribution in [-0.4, -0.2) is 31.7 Å². The molecule has 0 saturated carbocycles. The quantitative estimate of drug-likeness (QED) is 0.871. The van der Waals surface area contributed by atoms with Gasteiger partial charge in [-0.1, -0.05) is 31.5 Å². The van der Waals surface area contributed by atoms with Crippen LogP contribution in [-0.2, 0) is 16.4 Å². The van der Waals surface area contributed by atoms with Crippen molar-refractivity contribution in [3.63, 3.8) is 0 Å². The van der Waals surface area contributed by atoms with Gasteiger partial charge < -0.3 is 5.32 Å². The van der Waals surface area contributed by atoms with Gasteiger partial charge in [0, 0.05) is 24.3 Å². The highest BCUT2D eigenvalue weighted by atomic mass is 32.2. The first-order valence-electron chi connectivity index (χ1n) is 9.02. The number of rotatable bonds is 5. The number of amides is 1. The number of anilines is 1. The smallest absolute Gasteiger partial charge is 0.255 e. The predicted octanol–water partition coefficient (Wildman–Crippen LogP) is 3.68. The van der Waals surface area contributed by atoms with Crippen molar-refractivity contribution in [3.05, 3.63) is 59.7 Å². The van der Waals surface area contributed by atoms with Gasteiger partial charge in [-0.2, -0.15) is 4.31 Å². The van der Waals surface area contributed by atoms with Crippen molar-refractivity contribution in [2.75, 3.05) is 18.4 Å². The first-order valence-corrected chi connectivity index (χ1v) is 10.5. The zero-order valence-corrected chi connectivity index (χ0v) is 15.8. The van der Waals surface area contributed by atoms with Crippen molar-refractivity contribution in [3.8, 4) is 0 Å². The van der Waals surface area contributed by atoms with Crippen molar-refractivity contribution in [2.45, 2.75) is 37.5 Å². The minimum Gasteiger partial charge on any atom is -0.322 e. The fourth-order valence-electron chi connectivity index (χ4n) is 3.18. The van der Waals surface area contributed by atoms with E-state index < -0.39 is 10.0 Å². The minimum atomic E-state index is -3.47. The molecule has 1 amide bonds. The summed E-state index contributed by atoms with van der Waals surface area (Å²) in [6, 6.07) is 13.8. The van der Waals surface area contributed by atoms with Gasteiger partial charge in [0.15, 0.2) is 0 Å². The second-order valence-electron chi connectivity index (χ2n) is 6.45. The van der Waals surface area contributed by atoms with Crippen LogP contribution in [0.1, 0.15) is 42.1 Å². The molecule has 2 aromatic carbocycles. The minimum absolute atomic E-state index is 0.241. The SMILES string of the molecule is CCc1ccccc1NC(=O)c1ccc(S(=O)(=O)N2CCCCC2)cc1. The third-order valence-electron chi connectivity index (χ3n) is 4.72. The number of aryl methyl sites for hydroxylation is 1. The Hall–Kier alpha value is -2.18. The zero-order valence-electron chi connectivity index (χ0n) is 14.9. The zero-order chi connectivity index (χ0) is 18.6. The van der Waals surface area contributed by atoms with E-state index in [9.17, 15) is 13.2 Å². The molecule has 1 aliphatic heterocycles. The molecule has 0 bridgehead atoms. The number of benzene rings is 2. The van der Waals surface area contributed by atoms with Gasteiger partial charge in [-0.25, -0.2) is 8.42 Å². The molecule has 26 heavy (non-hydrogen) atoms. The van der Waals surface area contributed by atoms with Crippen LogP contribution in [0.2, 0.25) is 0 Å². The lowest BCUT2D eigenvalue weighted by atomic mass is 10.1. The van der Waals surface area contributed by atoms with Gasteiger partial charge in [0.1, 0.15) is 0 Å². The molecule has 0 unspecified atom stereocenters. The van der Waals surface area contributed by atoms with Gasteiger partial charge in [0.25, 0.3) is 5.91 Å². The molecule has 0 spiro atoms. The van der Waals surface area contributed by atoms with Gasteiger partial charge >= 0.3 is 0 Å². The molecule has 0 aromatic heterocycles. The highest BCUT2D eigenvalue weighted by Crippen LogP contribution is 2.22. The van der Waals surface area contributed by atoms with Crippen LogP contribution in [0.25, 0.3) is 0 Å². The van der Waals surface area contributed by atoms with Gasteiger partial charge in [-0.3, -0.25) is 4.79 Å². The molecule has 0 radical (unpaired) electrons. The number of para-hydroxylation sites is 1. The van der Waals surface area contributed by atoms with E-state index in [1.807, 2.05) is 31.2 Å². The summed E-state index contributed by atoms with van der Waals surface area (Å²) in [5.74, 6) is -0.243. The van der Waals surface area contributed by atoms with Crippen LogP contribution in [0.15, 0.2) is 53.4 Å². The van der Waals surface area contributed by atoms with E-state index in [4.69, 9.17) is 0 Å². The summed E-state index contributed by atoms with van der Waals surface area (Å²) in [5, 5.41) is 2.90. The molecule has 1 saturated heterocycles. The van der Waals surface area contributed by atoms with Gasteiger partial charge in [0.2, 0.25) is 10.0 Å². The number of sulfonamides is 1. The summed E-state index contributed by atoms with van der Waals surface area (Å²) in [7, 11) is -3.47. The number of carbonyl (C=O) groups excluding carboxylic acids is 1. The fourth-order valence-corrected chi connectivity index (χ4v) is 4.69. The van der Waals surface area contributed by atoms with E-state index in [0.29, 0.717) is 18.7 Å². The molecule has 138 valence electrons. The number of nitrogens with one attached hydrogen (secondary N) is 1. The molecule has 1 fully saturated rings. The third kappa shape index (κ3) is 3.97. The molecule has 6 heteroatoms. The number of hydrogen-bond acceptors (Lipinski definition) is 3. The summed E-state index contributed by atoms with van der Waals surface area (Å²) >= 11 is 0. The molecule has 1 aliphatic rings. The Morgan fingerprint density at radius 3 is 2.31 bits per heavy atom. The lowest BCUT2D eigenvalue weighted by Crippen LogP contribution is -2.35. The van der Waals surface area contributed by atoms with Crippen LogP contribution >= 0.6 is 0 Å². The largest absolute Gasteiger partial charge is 0.322 e. The molecule has 0 atom stereocenters. The Bertz CT molecular complexity index is 870. The maximum Gasteiger partial charge on any atom is 0.255 e. The van der Waals surface area contributed by atoms with Crippen molar-refractivity contribution in [1.29, 1.82) is 0 Å². The van der Waals surface area contributed by atoms with Crippen molar-refractivity contribution in [1.82, 2.24) is 4.31 Å². The van der Waals surface area contributed by atoms with Crippen molar-refractivity contribution >= 4 is 21.6 Å². The molecule has 2 aromatic rings. The van der Waals surface area contributed by atoms with Crippen molar-refractivity contribution < 1.29 is 13.2 Å². The molecule has 1 heterocycles. The topological polar surface area (TPSA) is 66.5 Å². The van der Waals surface area contributed by atoms with Crippen LogP contribution in [0.5, 0.6) is 0 Å². The Labute approximate surface area is 155 Å². The van der Waals surface area contributed by atoms with E-state index in [0.717, 1.165) is 36.9 Å². The second kappa shape index (κ2) is 8.01. The molecular formula is C20H24N2O3S. The van der Waals surface area contributed by atoms with Crippen LogP contribution in [0.4, 0.5) is 5.69 Å². The van der Waals surface area contributed by atoms with E-state index >= 15 is 0 Å². The summed E-state index contributed by atoms with van der Waals surface area (Å²) < 4.78 is 26.9. The maximum absolute atomic E-state index is 12.7. The molecular weight excluding hydrogens is 348 g/mol. The van der Waals surface area contributed by atoms with Crippen LogP contribution < -0.4 is 5.32 Å². The van der Waals surface area contributed by atoms with E-state index in [1.165, 1.54) is 16.4 Å². The Kier molecular flexibility index (Phi) is 5.74. The van der Waals surface area contributed by atoms with E-state index in [2.05, 4.69) is 5.32 Å². The van der Waals surface area contributed by atoms with Gasteiger partial charge in [0.05, 0.1) is 4.90 Å². The van der Waals surface area contributed by atoms with Crippen molar-refractivity contribution in [2.24, 2.45) is 0 Å². The molecule has 3 rings (SSSR count).